The number of hydrogen-bond acceptors (Lipinski definition) is 4. The number of esters is 1. The van der Waals surface area contributed by atoms with E-state index in [4.69, 9.17) is 0 Å². The van der Waals surface area contributed by atoms with Crippen LogP contribution in [-0.2, 0) is 16.1 Å². The van der Waals surface area contributed by atoms with Crippen LogP contribution >= 0.6 is 0 Å². The Kier molecular flexibility index (Phi) is 5.06. The van der Waals surface area contributed by atoms with E-state index in [-0.39, 0.29) is 17.9 Å². The van der Waals surface area contributed by atoms with Crippen LogP contribution in [-0.4, -0.2) is 19.4 Å². The molecule has 6 heteroatoms. The first kappa shape index (κ1) is 15.9. The van der Waals surface area contributed by atoms with E-state index >= 15 is 0 Å². The van der Waals surface area contributed by atoms with Crippen molar-refractivity contribution in [2.75, 3.05) is 7.11 Å². The van der Waals surface area contributed by atoms with Gasteiger partial charge in [-0.15, -0.1) is 8.78 Å². The predicted octanol–water partition coefficient (Wildman–Crippen LogP) is 3.62. The molecule has 0 N–H and O–H groups in total. The van der Waals surface area contributed by atoms with E-state index in [1.807, 2.05) is 0 Å². The van der Waals surface area contributed by atoms with Gasteiger partial charge in [0.05, 0.1) is 19.3 Å². The maximum absolute atomic E-state index is 13.6. The van der Waals surface area contributed by atoms with Gasteiger partial charge < -0.3 is 9.47 Å². The van der Waals surface area contributed by atoms with E-state index in [1.165, 1.54) is 31.4 Å². The third-order valence-corrected chi connectivity index (χ3v) is 2.76. The molecule has 2 rings (SSSR count). The molecule has 116 valence electrons. The van der Waals surface area contributed by atoms with Gasteiger partial charge in [-0.25, -0.2) is 4.79 Å². The van der Waals surface area contributed by atoms with Crippen molar-refractivity contribution in [2.45, 2.75) is 12.9 Å². The Balaban J connectivity index is 1.94. The van der Waals surface area contributed by atoms with Crippen molar-refractivity contribution in [1.29, 1.82) is 0 Å². The van der Waals surface area contributed by atoms with Crippen molar-refractivity contribution >= 4 is 5.97 Å². The first-order valence-corrected chi connectivity index (χ1v) is 6.43. The minimum absolute atomic E-state index is 0.120. The van der Waals surface area contributed by atoms with Crippen LogP contribution in [0.2, 0.25) is 0 Å². The summed E-state index contributed by atoms with van der Waals surface area (Å²) < 4.78 is 40.6. The molecule has 0 heterocycles. The van der Waals surface area contributed by atoms with E-state index < -0.39 is 12.3 Å². The van der Waals surface area contributed by atoms with Gasteiger partial charge in [0.1, 0.15) is 5.75 Å². The number of hydrogen-bond donors (Lipinski definition) is 0. The summed E-state index contributed by atoms with van der Waals surface area (Å²) in [6.07, 6.45) is -3.78. The summed E-state index contributed by atoms with van der Waals surface area (Å²) in [5.74, 6) is -0.677. The first-order valence-electron chi connectivity index (χ1n) is 6.43. The molecule has 0 saturated heterocycles. The molecule has 22 heavy (non-hydrogen) atoms. The summed E-state index contributed by atoms with van der Waals surface area (Å²) in [5.41, 5.74) is 0.843. The average molecular weight is 308 g/mol. The summed E-state index contributed by atoms with van der Waals surface area (Å²) in [6, 6.07) is 13.7. The summed E-state index contributed by atoms with van der Waals surface area (Å²) in [7, 11) is 1.23. The number of alkyl halides is 2. The second kappa shape index (κ2) is 7.00. The maximum atomic E-state index is 13.6. The second-order valence-corrected chi connectivity index (χ2v) is 4.36. The Morgan fingerprint density at radius 2 is 1.68 bits per heavy atom. The molecule has 0 aliphatic rings. The summed E-state index contributed by atoms with van der Waals surface area (Å²) in [6.45, 7) is -0.284. The largest absolute Gasteiger partial charge is 0.535 e. The van der Waals surface area contributed by atoms with Crippen LogP contribution in [0.1, 0.15) is 15.9 Å². The van der Waals surface area contributed by atoms with Crippen LogP contribution in [0, 0.1) is 0 Å². The molecule has 2 aromatic rings. The van der Waals surface area contributed by atoms with Gasteiger partial charge in [0.15, 0.2) is 0 Å². The van der Waals surface area contributed by atoms with Crippen molar-refractivity contribution in [1.82, 2.24) is 0 Å². The second-order valence-electron chi connectivity index (χ2n) is 4.36. The van der Waals surface area contributed by atoms with Gasteiger partial charge in [-0.1, -0.05) is 30.3 Å². The molecule has 0 bridgehead atoms. The first-order chi connectivity index (χ1) is 10.5. The quantitative estimate of drug-likeness (QED) is 0.604. The van der Waals surface area contributed by atoms with Crippen LogP contribution in [0.4, 0.5) is 8.78 Å². The highest BCUT2D eigenvalue weighted by atomic mass is 19.3. The van der Waals surface area contributed by atoms with Crippen molar-refractivity contribution in [2.24, 2.45) is 0 Å². The van der Waals surface area contributed by atoms with Gasteiger partial charge in [-0.2, -0.15) is 0 Å². The smallest absolute Gasteiger partial charge is 0.465 e. The molecular weight excluding hydrogens is 294 g/mol. The Morgan fingerprint density at radius 3 is 2.27 bits per heavy atom. The van der Waals surface area contributed by atoms with E-state index in [1.54, 1.807) is 30.3 Å². The summed E-state index contributed by atoms with van der Waals surface area (Å²) in [5, 5.41) is 0. The fraction of sp³-hybridized carbons (Fsp3) is 0.188. The maximum Gasteiger partial charge on any atom is 0.535 e. The van der Waals surface area contributed by atoms with Crippen LogP contribution in [0.25, 0.3) is 0 Å². The van der Waals surface area contributed by atoms with Gasteiger partial charge in [0.2, 0.25) is 0 Å². The number of methoxy groups -OCH3 is 1. The lowest BCUT2D eigenvalue weighted by Crippen LogP contribution is -2.28. The fourth-order valence-electron chi connectivity index (χ4n) is 1.69. The van der Waals surface area contributed by atoms with Gasteiger partial charge in [0, 0.05) is 0 Å². The molecule has 2 aromatic carbocycles. The summed E-state index contributed by atoms with van der Waals surface area (Å²) in [4.78, 5) is 11.2. The van der Waals surface area contributed by atoms with Gasteiger partial charge >= 0.3 is 12.3 Å². The van der Waals surface area contributed by atoms with Crippen molar-refractivity contribution in [3.05, 3.63) is 65.7 Å². The molecule has 4 nitrogen and oxygen atoms in total. The molecule has 0 unspecified atom stereocenters. The van der Waals surface area contributed by atoms with E-state index in [0.29, 0.717) is 5.56 Å². The van der Waals surface area contributed by atoms with Gasteiger partial charge in [0.25, 0.3) is 0 Å². The monoisotopic (exact) mass is 308 g/mol. The number of rotatable bonds is 6. The normalized spacial score (nSPS) is 11.0. The molecule has 0 spiro atoms. The number of carbonyl (C=O) groups is 1. The topological polar surface area (TPSA) is 44.8 Å². The molecule has 0 atom stereocenters. The predicted molar refractivity (Wildman–Crippen MR) is 74.6 cm³/mol. The van der Waals surface area contributed by atoms with Crippen LogP contribution in [0.5, 0.6) is 5.75 Å². The number of halogens is 2. The minimum atomic E-state index is -3.78. The van der Waals surface area contributed by atoms with Gasteiger partial charge in [-0.05, 0) is 29.8 Å². The molecule has 0 aliphatic carbocycles. The molecule has 0 amide bonds. The third kappa shape index (κ3) is 4.53. The Morgan fingerprint density at radius 1 is 1.05 bits per heavy atom. The minimum Gasteiger partial charge on any atom is -0.465 e. The SMILES string of the molecule is COC(=O)c1ccc(OC(F)(F)OCc2ccccc2)cc1. The highest BCUT2D eigenvalue weighted by molar-refractivity contribution is 5.89. The summed E-state index contributed by atoms with van der Waals surface area (Å²) >= 11 is 0. The molecular formula is C16H14F2O4. The van der Waals surface area contributed by atoms with Crippen molar-refractivity contribution in [3.8, 4) is 5.75 Å². The zero-order valence-electron chi connectivity index (χ0n) is 11.8. The van der Waals surface area contributed by atoms with E-state index in [2.05, 4.69) is 14.2 Å². The van der Waals surface area contributed by atoms with Crippen molar-refractivity contribution in [3.63, 3.8) is 0 Å². The zero-order chi connectivity index (χ0) is 16.0. The lowest BCUT2D eigenvalue weighted by atomic mass is 10.2. The lowest BCUT2D eigenvalue weighted by molar-refractivity contribution is -0.358. The van der Waals surface area contributed by atoms with Crippen molar-refractivity contribution < 1.29 is 27.8 Å². The Bertz CT molecular complexity index is 612. The third-order valence-electron chi connectivity index (χ3n) is 2.76. The highest BCUT2D eigenvalue weighted by Crippen LogP contribution is 2.24. The van der Waals surface area contributed by atoms with Crippen LogP contribution in [0.3, 0.4) is 0 Å². The van der Waals surface area contributed by atoms with E-state index in [0.717, 1.165) is 0 Å². The molecule has 0 aromatic heterocycles. The molecule has 0 fully saturated rings. The van der Waals surface area contributed by atoms with E-state index in [9.17, 15) is 13.6 Å². The molecule has 0 radical (unpaired) electrons. The van der Waals surface area contributed by atoms with Gasteiger partial charge in [-0.3, -0.25) is 4.74 Å². The number of ether oxygens (including phenoxy) is 3. The highest BCUT2D eigenvalue weighted by Gasteiger charge is 2.33. The molecule has 0 saturated carbocycles. The average Bonchev–Trinajstić information content (AvgIpc) is 2.54. The Labute approximate surface area is 126 Å². The number of benzene rings is 2. The Hall–Kier alpha value is -2.47. The van der Waals surface area contributed by atoms with Crippen LogP contribution < -0.4 is 4.74 Å². The standard InChI is InChI=1S/C16H14F2O4/c1-20-15(19)13-7-9-14(10-8-13)22-16(17,18)21-11-12-5-3-2-4-6-12/h2-10H,11H2,1H3. The lowest BCUT2D eigenvalue weighted by Gasteiger charge is -2.17. The zero-order valence-corrected chi connectivity index (χ0v) is 11.8. The fourth-order valence-corrected chi connectivity index (χ4v) is 1.69. The molecule has 0 aliphatic heterocycles. The number of carbonyl (C=O) groups excluding carboxylic acids is 1. The van der Waals surface area contributed by atoms with Crippen LogP contribution in [0.15, 0.2) is 54.6 Å².